The van der Waals surface area contributed by atoms with Crippen molar-refractivity contribution in [2.75, 3.05) is 32.8 Å². The summed E-state index contributed by atoms with van der Waals surface area (Å²) in [6.07, 6.45) is 1.66. The van der Waals surface area contributed by atoms with Crippen LogP contribution in [0.5, 0.6) is 0 Å². The van der Waals surface area contributed by atoms with Crippen LogP contribution in [-0.2, 0) is 23.9 Å². The number of fused-ring (bicyclic) bond motifs is 2. The SMILES string of the molecule is CCCCON1C(=O)N2C[C@@H]1CC[C@H]2C(=O)NNC(=O)CCN(C(=O)OC(C)(C)C)C1CN(C(=O)OC(C)(C)C)C1. The second-order valence-electron chi connectivity index (χ2n) is 12.7. The number of rotatable bonds is 9. The molecule has 0 aliphatic carbocycles. The Morgan fingerprint density at radius 2 is 1.61 bits per heavy atom. The molecule has 0 aromatic carbocycles. The van der Waals surface area contributed by atoms with E-state index in [4.69, 9.17) is 14.3 Å². The molecule has 0 saturated carbocycles. The molecule has 2 atom stereocenters. The number of nitrogens with one attached hydrogen (secondary N) is 2. The molecule has 3 aliphatic heterocycles. The minimum atomic E-state index is -0.747. The van der Waals surface area contributed by atoms with Gasteiger partial charge in [0.15, 0.2) is 0 Å². The predicted molar refractivity (Wildman–Crippen MR) is 147 cm³/mol. The van der Waals surface area contributed by atoms with E-state index in [-0.39, 0.29) is 44.2 Å². The van der Waals surface area contributed by atoms with Crippen LogP contribution < -0.4 is 10.9 Å². The molecule has 3 fully saturated rings. The van der Waals surface area contributed by atoms with Crippen molar-refractivity contribution in [2.24, 2.45) is 0 Å². The Balaban J connectivity index is 1.49. The van der Waals surface area contributed by atoms with E-state index in [1.165, 1.54) is 19.8 Å². The number of urea groups is 1. The molecule has 232 valence electrons. The number of hydroxylamine groups is 2. The first kappa shape index (κ1) is 32.2. The number of ether oxygens (including phenoxy) is 2. The molecule has 0 radical (unpaired) electrons. The molecule has 3 rings (SSSR count). The molecule has 3 heterocycles. The number of hydrogen-bond acceptors (Lipinski definition) is 8. The van der Waals surface area contributed by atoms with Gasteiger partial charge in [-0.05, 0) is 60.8 Å². The molecular weight excluding hydrogens is 536 g/mol. The van der Waals surface area contributed by atoms with Gasteiger partial charge in [-0.25, -0.2) is 14.4 Å². The third kappa shape index (κ3) is 8.85. The summed E-state index contributed by atoms with van der Waals surface area (Å²) in [7, 11) is 0. The van der Waals surface area contributed by atoms with Crippen molar-refractivity contribution in [2.45, 2.75) is 110 Å². The maximum atomic E-state index is 12.9. The van der Waals surface area contributed by atoms with Crippen LogP contribution >= 0.6 is 0 Å². The largest absolute Gasteiger partial charge is 0.444 e. The third-order valence-electron chi connectivity index (χ3n) is 6.84. The van der Waals surface area contributed by atoms with Crippen LogP contribution in [0.15, 0.2) is 0 Å². The normalized spacial score (nSPS) is 20.9. The Hall–Kier alpha value is -3.29. The lowest BCUT2D eigenvalue weighted by atomic mass is 10.0. The van der Waals surface area contributed by atoms with Crippen LogP contribution in [0.4, 0.5) is 14.4 Å². The molecule has 3 saturated heterocycles. The number of carbonyl (C=O) groups excluding carboxylic acids is 5. The van der Waals surface area contributed by atoms with E-state index in [0.29, 0.717) is 26.0 Å². The zero-order valence-electron chi connectivity index (χ0n) is 25.4. The first-order chi connectivity index (χ1) is 19.1. The first-order valence-electron chi connectivity index (χ1n) is 14.4. The Morgan fingerprint density at radius 3 is 2.22 bits per heavy atom. The Kier molecular flexibility index (Phi) is 10.3. The van der Waals surface area contributed by atoms with Gasteiger partial charge >= 0.3 is 18.2 Å². The zero-order valence-corrected chi connectivity index (χ0v) is 25.4. The van der Waals surface area contributed by atoms with Gasteiger partial charge in [0, 0.05) is 32.6 Å². The van der Waals surface area contributed by atoms with E-state index in [1.54, 1.807) is 41.5 Å². The van der Waals surface area contributed by atoms with E-state index < -0.39 is 41.2 Å². The quantitative estimate of drug-likeness (QED) is 0.311. The molecule has 6 amide bonds. The predicted octanol–water partition coefficient (Wildman–Crippen LogP) is 2.38. The van der Waals surface area contributed by atoms with Gasteiger partial charge in [-0.3, -0.25) is 25.3 Å². The second kappa shape index (κ2) is 13.1. The van der Waals surface area contributed by atoms with Crippen molar-refractivity contribution in [1.82, 2.24) is 30.6 Å². The Bertz CT molecular complexity index is 987. The molecule has 2 N–H and O–H groups in total. The van der Waals surface area contributed by atoms with Gasteiger partial charge in [0.05, 0.1) is 18.7 Å². The standard InChI is InChI=1S/C27H46N6O8/c1-8-9-14-39-33-18-10-11-20(32(17-18)23(33)36)22(35)29-28-21(34)12-13-31(25(38)41-27(5,6)7)19-15-30(16-19)24(37)40-26(2,3)4/h18-20H,8-17H2,1-7H3,(H,28,34)(H,29,35)/t18-,20-/m0/s1. The number of piperidine rings is 1. The summed E-state index contributed by atoms with van der Waals surface area (Å²) in [6.45, 7) is 13.9. The molecule has 14 heteroatoms. The van der Waals surface area contributed by atoms with Crippen LogP contribution in [0.3, 0.4) is 0 Å². The molecule has 3 aliphatic rings. The van der Waals surface area contributed by atoms with Gasteiger partial charge in [-0.15, -0.1) is 0 Å². The van der Waals surface area contributed by atoms with E-state index in [2.05, 4.69) is 10.9 Å². The lowest BCUT2D eigenvalue weighted by Gasteiger charge is -2.45. The van der Waals surface area contributed by atoms with Gasteiger partial charge in [-0.2, -0.15) is 5.06 Å². The molecule has 0 unspecified atom stereocenters. The summed E-state index contributed by atoms with van der Waals surface area (Å²) in [4.78, 5) is 73.5. The first-order valence-corrected chi connectivity index (χ1v) is 14.4. The van der Waals surface area contributed by atoms with Crippen LogP contribution in [0.2, 0.25) is 0 Å². The Labute approximate surface area is 241 Å². The summed E-state index contributed by atoms with van der Waals surface area (Å²) in [6, 6.07) is -1.50. The fraction of sp³-hybridized carbons (Fsp3) is 0.815. The fourth-order valence-electron chi connectivity index (χ4n) is 4.75. The summed E-state index contributed by atoms with van der Waals surface area (Å²) < 4.78 is 10.9. The topological polar surface area (TPSA) is 150 Å². The Morgan fingerprint density at radius 1 is 0.951 bits per heavy atom. The van der Waals surface area contributed by atoms with Crippen LogP contribution in [-0.4, -0.2) is 112 Å². The van der Waals surface area contributed by atoms with E-state index >= 15 is 0 Å². The number of likely N-dealkylation sites (tertiary alicyclic amines) is 1. The van der Waals surface area contributed by atoms with E-state index in [9.17, 15) is 24.0 Å². The summed E-state index contributed by atoms with van der Waals surface area (Å²) in [5.41, 5.74) is 3.42. The monoisotopic (exact) mass is 582 g/mol. The molecule has 0 aromatic rings. The maximum Gasteiger partial charge on any atom is 0.410 e. The number of amides is 6. The van der Waals surface area contributed by atoms with Crippen molar-refractivity contribution in [1.29, 1.82) is 0 Å². The van der Waals surface area contributed by atoms with Crippen LogP contribution in [0, 0.1) is 0 Å². The molecule has 14 nitrogen and oxygen atoms in total. The average molecular weight is 583 g/mol. The minimum Gasteiger partial charge on any atom is -0.444 e. The zero-order chi connectivity index (χ0) is 30.5. The number of carbonyl (C=O) groups is 5. The highest BCUT2D eigenvalue weighted by Crippen LogP contribution is 2.30. The van der Waals surface area contributed by atoms with Crippen molar-refractivity contribution in [3.8, 4) is 0 Å². The highest BCUT2D eigenvalue weighted by Gasteiger charge is 2.48. The highest BCUT2D eigenvalue weighted by molar-refractivity contribution is 5.90. The fourth-order valence-corrected chi connectivity index (χ4v) is 4.75. The minimum absolute atomic E-state index is 0.0171. The lowest BCUT2D eigenvalue weighted by Crippen LogP contribution is -2.63. The molecule has 0 spiro atoms. The molecular formula is C27H46N6O8. The van der Waals surface area contributed by atoms with E-state index in [0.717, 1.165) is 12.8 Å². The van der Waals surface area contributed by atoms with Crippen LogP contribution in [0.1, 0.15) is 80.6 Å². The number of nitrogens with zero attached hydrogens (tertiary/aromatic N) is 4. The maximum absolute atomic E-state index is 12.9. The van der Waals surface area contributed by atoms with Gasteiger partial charge in [-0.1, -0.05) is 13.3 Å². The molecule has 41 heavy (non-hydrogen) atoms. The molecule has 2 bridgehead atoms. The van der Waals surface area contributed by atoms with E-state index in [1.807, 2.05) is 6.92 Å². The van der Waals surface area contributed by atoms with Gasteiger partial charge in [0.1, 0.15) is 17.2 Å². The number of unbranched alkanes of at least 4 members (excludes halogenated alkanes) is 1. The number of hydrogen-bond donors (Lipinski definition) is 2. The highest BCUT2D eigenvalue weighted by atomic mass is 16.7. The summed E-state index contributed by atoms with van der Waals surface area (Å²) >= 11 is 0. The smallest absolute Gasteiger partial charge is 0.410 e. The average Bonchev–Trinajstić information content (AvgIpc) is 3.06. The lowest BCUT2D eigenvalue weighted by molar-refractivity contribution is -0.132. The van der Waals surface area contributed by atoms with Crippen LogP contribution in [0.25, 0.3) is 0 Å². The van der Waals surface area contributed by atoms with Gasteiger partial charge in [0.2, 0.25) is 5.91 Å². The number of hydrazine groups is 1. The van der Waals surface area contributed by atoms with Crippen molar-refractivity contribution < 1.29 is 38.3 Å². The van der Waals surface area contributed by atoms with Gasteiger partial charge in [0.25, 0.3) is 5.91 Å². The van der Waals surface area contributed by atoms with Crippen molar-refractivity contribution in [3.63, 3.8) is 0 Å². The third-order valence-corrected chi connectivity index (χ3v) is 6.84. The summed E-state index contributed by atoms with van der Waals surface area (Å²) in [5, 5.41) is 1.37. The second-order valence-corrected chi connectivity index (χ2v) is 12.7. The van der Waals surface area contributed by atoms with Gasteiger partial charge < -0.3 is 24.2 Å². The van der Waals surface area contributed by atoms with Crippen molar-refractivity contribution in [3.05, 3.63) is 0 Å². The van der Waals surface area contributed by atoms with Crippen molar-refractivity contribution >= 4 is 30.0 Å². The summed E-state index contributed by atoms with van der Waals surface area (Å²) in [5.74, 6) is -1.00. The molecule has 0 aromatic heterocycles.